The van der Waals surface area contributed by atoms with Crippen LogP contribution in [-0.2, 0) is 22.7 Å². The fourth-order valence-electron chi connectivity index (χ4n) is 2.76. The van der Waals surface area contributed by atoms with Crippen LogP contribution >= 0.6 is 12.4 Å². The van der Waals surface area contributed by atoms with E-state index in [0.717, 1.165) is 22.5 Å². The number of halogens is 1. The maximum Gasteiger partial charge on any atom is 0.242 e. The zero-order valence-electron chi connectivity index (χ0n) is 17.7. The van der Waals surface area contributed by atoms with Crippen LogP contribution in [0.1, 0.15) is 47.9 Å². The van der Waals surface area contributed by atoms with Crippen molar-refractivity contribution in [3.05, 3.63) is 34.0 Å². The second-order valence-corrected chi connectivity index (χ2v) is 7.34. The number of rotatable bonds is 8. The Kier molecular flexibility index (Phi) is 8.84. The number of amides is 2. The van der Waals surface area contributed by atoms with Crippen LogP contribution in [0.3, 0.4) is 0 Å². The molecule has 0 aliphatic carbocycles. The van der Waals surface area contributed by atoms with Gasteiger partial charge < -0.3 is 25.0 Å². The average molecular weight is 428 g/mol. The quantitative estimate of drug-likeness (QED) is 0.658. The van der Waals surface area contributed by atoms with Gasteiger partial charge in [0.25, 0.3) is 0 Å². The second-order valence-electron chi connectivity index (χ2n) is 7.34. The molecule has 0 fully saturated rings. The van der Waals surface area contributed by atoms with E-state index in [1.165, 1.54) is 0 Å². The number of hydrogen-bond acceptors (Lipinski definition) is 7. The summed E-state index contributed by atoms with van der Waals surface area (Å²) in [6.07, 6.45) is 0. The van der Waals surface area contributed by atoms with Crippen molar-refractivity contribution in [1.29, 1.82) is 0 Å². The van der Waals surface area contributed by atoms with Crippen molar-refractivity contribution in [2.75, 3.05) is 6.54 Å². The number of carbonyl (C=O) groups excluding carboxylic acids is 2. The molecule has 0 aliphatic heterocycles. The predicted molar refractivity (Wildman–Crippen MR) is 109 cm³/mol. The Balaban J connectivity index is 0.00000420. The van der Waals surface area contributed by atoms with E-state index in [2.05, 4.69) is 15.6 Å². The Morgan fingerprint density at radius 3 is 1.79 bits per heavy atom. The first kappa shape index (κ1) is 24.6. The molecule has 3 N–H and O–H groups in total. The molecule has 9 nitrogen and oxygen atoms in total. The SMILES string of the molecule is Cc1noc(C)c1CN(Cc1c(C)noc1C)C(=O)CNC(=O)[C@@H](N)C(C)C.Cl. The predicted octanol–water partition coefficient (Wildman–Crippen LogP) is 1.95. The van der Waals surface area contributed by atoms with E-state index in [4.69, 9.17) is 14.8 Å². The number of aryl methyl sites for hydroxylation is 4. The Bertz CT molecular complexity index is 759. The zero-order valence-corrected chi connectivity index (χ0v) is 18.6. The molecule has 29 heavy (non-hydrogen) atoms. The van der Waals surface area contributed by atoms with Gasteiger partial charge in [-0.3, -0.25) is 9.59 Å². The summed E-state index contributed by atoms with van der Waals surface area (Å²) in [4.78, 5) is 26.6. The van der Waals surface area contributed by atoms with Crippen LogP contribution in [0.4, 0.5) is 0 Å². The summed E-state index contributed by atoms with van der Waals surface area (Å²) >= 11 is 0. The van der Waals surface area contributed by atoms with E-state index >= 15 is 0 Å². The van der Waals surface area contributed by atoms with Gasteiger partial charge in [-0.2, -0.15) is 0 Å². The fourth-order valence-corrected chi connectivity index (χ4v) is 2.76. The van der Waals surface area contributed by atoms with Crippen molar-refractivity contribution in [3.63, 3.8) is 0 Å². The third-order valence-corrected chi connectivity index (χ3v) is 4.85. The first-order valence-electron chi connectivity index (χ1n) is 9.26. The molecule has 0 bridgehead atoms. The first-order chi connectivity index (χ1) is 13.1. The number of nitrogens with one attached hydrogen (secondary N) is 1. The number of aromatic nitrogens is 2. The minimum absolute atomic E-state index is 0. The molecule has 0 radical (unpaired) electrons. The van der Waals surface area contributed by atoms with Crippen molar-refractivity contribution in [2.45, 2.75) is 60.7 Å². The van der Waals surface area contributed by atoms with Crippen molar-refractivity contribution in [3.8, 4) is 0 Å². The lowest BCUT2D eigenvalue weighted by molar-refractivity contribution is -0.134. The van der Waals surface area contributed by atoms with Gasteiger partial charge in [0.15, 0.2) is 0 Å². The van der Waals surface area contributed by atoms with Crippen LogP contribution < -0.4 is 11.1 Å². The highest BCUT2D eigenvalue weighted by Gasteiger charge is 2.24. The summed E-state index contributed by atoms with van der Waals surface area (Å²) in [5.74, 6) is 0.693. The lowest BCUT2D eigenvalue weighted by Crippen LogP contribution is -2.47. The minimum atomic E-state index is -0.661. The van der Waals surface area contributed by atoms with E-state index in [1.807, 2.05) is 27.7 Å². The third kappa shape index (κ3) is 6.04. The second kappa shape index (κ2) is 10.4. The summed E-state index contributed by atoms with van der Waals surface area (Å²) in [6.45, 7) is 11.4. The topological polar surface area (TPSA) is 127 Å². The molecule has 2 rings (SSSR count). The molecule has 0 unspecified atom stereocenters. The van der Waals surface area contributed by atoms with Crippen LogP contribution in [-0.4, -0.2) is 39.6 Å². The number of carbonyl (C=O) groups is 2. The summed E-state index contributed by atoms with van der Waals surface area (Å²) < 4.78 is 10.4. The maximum absolute atomic E-state index is 12.9. The number of nitrogens with two attached hydrogens (primary N) is 1. The van der Waals surface area contributed by atoms with E-state index in [0.29, 0.717) is 24.6 Å². The monoisotopic (exact) mass is 427 g/mol. The Morgan fingerprint density at radius 1 is 1.00 bits per heavy atom. The Labute approximate surface area is 176 Å². The molecule has 2 heterocycles. The van der Waals surface area contributed by atoms with Crippen molar-refractivity contribution < 1.29 is 18.6 Å². The molecule has 0 aromatic carbocycles. The molecule has 10 heteroatoms. The Hall–Kier alpha value is -2.39. The van der Waals surface area contributed by atoms with Crippen LogP contribution in [0.15, 0.2) is 9.05 Å². The van der Waals surface area contributed by atoms with E-state index in [9.17, 15) is 9.59 Å². The highest BCUT2D eigenvalue weighted by atomic mass is 35.5. The lowest BCUT2D eigenvalue weighted by Gasteiger charge is -2.23. The van der Waals surface area contributed by atoms with Crippen molar-refractivity contribution in [2.24, 2.45) is 11.7 Å². The Morgan fingerprint density at radius 2 is 1.45 bits per heavy atom. The van der Waals surface area contributed by atoms with E-state index < -0.39 is 6.04 Å². The number of hydrogen-bond donors (Lipinski definition) is 2. The third-order valence-electron chi connectivity index (χ3n) is 4.85. The largest absolute Gasteiger partial charge is 0.361 e. The molecule has 1 atom stereocenters. The highest BCUT2D eigenvalue weighted by molar-refractivity contribution is 5.87. The van der Waals surface area contributed by atoms with Crippen LogP contribution in [0.2, 0.25) is 0 Å². The van der Waals surface area contributed by atoms with Gasteiger partial charge >= 0.3 is 0 Å². The molecule has 2 aromatic rings. The van der Waals surface area contributed by atoms with Gasteiger partial charge in [-0.05, 0) is 33.6 Å². The summed E-state index contributed by atoms with van der Waals surface area (Å²) in [5, 5.41) is 10.5. The van der Waals surface area contributed by atoms with Crippen molar-refractivity contribution in [1.82, 2.24) is 20.5 Å². The van der Waals surface area contributed by atoms with Crippen LogP contribution in [0.5, 0.6) is 0 Å². The molecule has 0 spiro atoms. The molecule has 162 valence electrons. The molecular weight excluding hydrogens is 398 g/mol. The molecule has 0 saturated heterocycles. The van der Waals surface area contributed by atoms with Gasteiger partial charge in [0.05, 0.1) is 37.1 Å². The smallest absolute Gasteiger partial charge is 0.242 e. The van der Waals surface area contributed by atoms with Crippen LogP contribution in [0.25, 0.3) is 0 Å². The summed E-state index contributed by atoms with van der Waals surface area (Å²) in [7, 11) is 0. The van der Waals surface area contributed by atoms with E-state index in [1.54, 1.807) is 18.7 Å². The number of nitrogens with zero attached hydrogens (tertiary/aromatic N) is 3. The van der Waals surface area contributed by atoms with Gasteiger partial charge in [0.1, 0.15) is 11.5 Å². The van der Waals surface area contributed by atoms with E-state index in [-0.39, 0.29) is 36.7 Å². The molecule has 2 aromatic heterocycles. The molecule has 0 aliphatic rings. The van der Waals surface area contributed by atoms with Gasteiger partial charge in [-0.25, -0.2) is 0 Å². The minimum Gasteiger partial charge on any atom is -0.361 e. The lowest BCUT2D eigenvalue weighted by atomic mass is 10.1. The van der Waals surface area contributed by atoms with Gasteiger partial charge in [-0.15, -0.1) is 12.4 Å². The molecular formula is C19H30ClN5O4. The van der Waals surface area contributed by atoms with Crippen LogP contribution in [0, 0.1) is 33.6 Å². The summed E-state index contributed by atoms with van der Waals surface area (Å²) in [6, 6.07) is -0.661. The zero-order chi connectivity index (χ0) is 21.0. The molecule has 0 saturated carbocycles. The average Bonchev–Trinajstić information content (AvgIpc) is 3.14. The van der Waals surface area contributed by atoms with Gasteiger partial charge in [0.2, 0.25) is 11.8 Å². The fraction of sp³-hybridized carbons (Fsp3) is 0.579. The maximum atomic E-state index is 12.9. The normalized spacial score (nSPS) is 11.9. The van der Waals surface area contributed by atoms with Gasteiger partial charge in [-0.1, -0.05) is 24.2 Å². The molecule has 2 amide bonds. The summed E-state index contributed by atoms with van der Waals surface area (Å²) in [5.41, 5.74) is 8.96. The first-order valence-corrected chi connectivity index (χ1v) is 9.26. The van der Waals surface area contributed by atoms with Crippen molar-refractivity contribution >= 4 is 24.2 Å². The standard InChI is InChI=1S/C19H29N5O4.ClH/c1-10(2)18(20)19(26)21-7-17(25)24(8-15-11(3)22-27-13(15)5)9-16-12(4)23-28-14(16)6;/h10,18H,7-9,20H2,1-6H3,(H,21,26);1H/t18-;/m0./s1. The highest BCUT2D eigenvalue weighted by Crippen LogP contribution is 2.20. The van der Waals surface area contributed by atoms with Gasteiger partial charge in [0, 0.05) is 11.1 Å².